The van der Waals surface area contributed by atoms with Crippen molar-refractivity contribution in [2.75, 3.05) is 0 Å². The highest BCUT2D eigenvalue weighted by molar-refractivity contribution is 7.25. The maximum absolute atomic E-state index is 6.68. The summed E-state index contributed by atoms with van der Waals surface area (Å²) in [6, 6.07) is 52.1. The molecule has 4 heterocycles. The van der Waals surface area contributed by atoms with Crippen LogP contribution in [0.3, 0.4) is 0 Å². The van der Waals surface area contributed by atoms with E-state index >= 15 is 0 Å². The lowest BCUT2D eigenvalue weighted by Gasteiger charge is -2.11. The molecule has 0 saturated carbocycles. The first-order valence-electron chi connectivity index (χ1n) is 16.8. The van der Waals surface area contributed by atoms with E-state index in [0.29, 0.717) is 17.5 Å². The number of aromatic nitrogens is 3. The van der Waals surface area contributed by atoms with E-state index in [-0.39, 0.29) is 0 Å². The Hall–Kier alpha value is -6.63. The van der Waals surface area contributed by atoms with E-state index in [0.717, 1.165) is 71.7 Å². The van der Waals surface area contributed by atoms with Crippen molar-refractivity contribution >= 4 is 75.4 Å². The normalized spacial score (nSPS) is 11.9. The van der Waals surface area contributed by atoms with Gasteiger partial charge < -0.3 is 8.83 Å². The van der Waals surface area contributed by atoms with Crippen molar-refractivity contribution < 1.29 is 8.83 Å². The van der Waals surface area contributed by atoms with Gasteiger partial charge in [0.1, 0.15) is 22.3 Å². The van der Waals surface area contributed by atoms with Crippen molar-refractivity contribution in [1.82, 2.24) is 15.0 Å². The molecule has 6 heteroatoms. The number of nitrogens with zero attached hydrogens (tertiary/aromatic N) is 3. The predicted molar refractivity (Wildman–Crippen MR) is 209 cm³/mol. The maximum atomic E-state index is 6.68. The number of rotatable bonds is 4. The van der Waals surface area contributed by atoms with Gasteiger partial charge >= 0.3 is 0 Å². The summed E-state index contributed by atoms with van der Waals surface area (Å²) in [5.74, 6) is 1.83. The first-order valence-corrected chi connectivity index (χ1v) is 17.7. The molecule has 0 spiro atoms. The summed E-state index contributed by atoms with van der Waals surface area (Å²) in [5, 5.41) is 6.60. The predicted octanol–water partition coefficient (Wildman–Crippen LogP) is 12.7. The zero-order valence-electron chi connectivity index (χ0n) is 27.0. The monoisotopic (exact) mass is 671 g/mol. The second-order valence-electron chi connectivity index (χ2n) is 12.8. The van der Waals surface area contributed by atoms with Gasteiger partial charge in [0.25, 0.3) is 0 Å². The maximum Gasteiger partial charge on any atom is 0.164 e. The molecule has 0 N–H and O–H groups in total. The van der Waals surface area contributed by atoms with E-state index in [2.05, 4.69) is 84.9 Å². The molecule has 4 aromatic heterocycles. The van der Waals surface area contributed by atoms with Crippen LogP contribution in [-0.4, -0.2) is 15.0 Å². The highest BCUT2D eigenvalue weighted by Crippen LogP contribution is 2.43. The largest absolute Gasteiger partial charge is 0.456 e. The van der Waals surface area contributed by atoms with Crippen molar-refractivity contribution in [2.24, 2.45) is 0 Å². The molecule has 5 nitrogen and oxygen atoms in total. The molecule has 0 bridgehead atoms. The average molecular weight is 672 g/mol. The van der Waals surface area contributed by atoms with Crippen molar-refractivity contribution in [2.45, 2.75) is 0 Å². The van der Waals surface area contributed by atoms with Gasteiger partial charge in [-0.05, 0) is 66.2 Å². The molecule has 238 valence electrons. The Morgan fingerprint density at radius 2 is 1.00 bits per heavy atom. The highest BCUT2D eigenvalue weighted by atomic mass is 32.1. The van der Waals surface area contributed by atoms with Gasteiger partial charge in [0.2, 0.25) is 0 Å². The molecule has 0 radical (unpaired) electrons. The molecular formula is C45H25N3O2S. The third-order valence-corrected chi connectivity index (χ3v) is 10.9. The van der Waals surface area contributed by atoms with Crippen molar-refractivity contribution in [3.05, 3.63) is 152 Å². The number of benzene rings is 7. The number of hydrogen-bond donors (Lipinski definition) is 0. The molecule has 11 aromatic rings. The number of fused-ring (bicyclic) bond motifs is 9. The van der Waals surface area contributed by atoms with E-state index in [1.807, 2.05) is 66.7 Å². The number of furan rings is 2. The van der Waals surface area contributed by atoms with E-state index in [4.69, 9.17) is 23.8 Å². The topological polar surface area (TPSA) is 65.0 Å². The lowest BCUT2D eigenvalue weighted by molar-refractivity contribution is 0.668. The van der Waals surface area contributed by atoms with Gasteiger partial charge in [0, 0.05) is 64.0 Å². The fourth-order valence-corrected chi connectivity index (χ4v) is 8.43. The van der Waals surface area contributed by atoms with E-state index in [1.165, 1.54) is 20.2 Å². The van der Waals surface area contributed by atoms with Crippen LogP contribution in [0.2, 0.25) is 0 Å². The van der Waals surface area contributed by atoms with Crippen LogP contribution in [0.5, 0.6) is 0 Å². The average Bonchev–Trinajstić information content (AvgIpc) is 3.88. The van der Waals surface area contributed by atoms with Crippen LogP contribution in [0.4, 0.5) is 0 Å². The molecule has 11 rings (SSSR count). The van der Waals surface area contributed by atoms with Crippen molar-refractivity contribution in [3.8, 4) is 45.3 Å². The molecule has 51 heavy (non-hydrogen) atoms. The first kappa shape index (κ1) is 28.2. The van der Waals surface area contributed by atoms with Gasteiger partial charge in [-0.25, -0.2) is 15.0 Å². The third kappa shape index (κ3) is 4.43. The van der Waals surface area contributed by atoms with Crippen LogP contribution < -0.4 is 0 Å². The van der Waals surface area contributed by atoms with Crippen molar-refractivity contribution in [1.29, 1.82) is 0 Å². The first-order chi connectivity index (χ1) is 25.2. The molecule has 0 aliphatic heterocycles. The van der Waals surface area contributed by atoms with E-state index in [9.17, 15) is 0 Å². The van der Waals surface area contributed by atoms with Crippen LogP contribution in [-0.2, 0) is 0 Å². The third-order valence-electron chi connectivity index (χ3n) is 9.76. The molecule has 7 aromatic carbocycles. The Kier molecular flexibility index (Phi) is 6.05. The number of para-hydroxylation sites is 2. The van der Waals surface area contributed by atoms with Crippen LogP contribution in [0, 0.1) is 0 Å². The smallest absolute Gasteiger partial charge is 0.164 e. The fourth-order valence-electron chi connectivity index (χ4n) is 7.34. The van der Waals surface area contributed by atoms with Gasteiger partial charge in [0.15, 0.2) is 17.5 Å². The summed E-state index contributed by atoms with van der Waals surface area (Å²) in [7, 11) is 0. The van der Waals surface area contributed by atoms with Gasteiger partial charge in [-0.1, -0.05) is 91.0 Å². The summed E-state index contributed by atoms with van der Waals surface area (Å²) >= 11 is 1.80. The summed E-state index contributed by atoms with van der Waals surface area (Å²) in [6.07, 6.45) is 0. The lowest BCUT2D eigenvalue weighted by Crippen LogP contribution is -2.00. The second-order valence-corrected chi connectivity index (χ2v) is 13.8. The Bertz CT molecular complexity index is 3160. The number of thiophene rings is 1. The fraction of sp³-hybridized carbons (Fsp3) is 0. The van der Waals surface area contributed by atoms with Crippen LogP contribution in [0.1, 0.15) is 0 Å². The Balaban J connectivity index is 1.15. The lowest BCUT2D eigenvalue weighted by atomic mass is 9.97. The van der Waals surface area contributed by atoms with Crippen LogP contribution >= 0.6 is 11.3 Å². The summed E-state index contributed by atoms with van der Waals surface area (Å²) in [4.78, 5) is 15.4. The van der Waals surface area contributed by atoms with Crippen LogP contribution in [0.15, 0.2) is 160 Å². The zero-order valence-corrected chi connectivity index (χ0v) is 27.8. The van der Waals surface area contributed by atoms with E-state index < -0.39 is 0 Å². The molecule has 0 fully saturated rings. The Morgan fingerprint density at radius 3 is 1.86 bits per heavy atom. The quantitative estimate of drug-likeness (QED) is 0.186. The van der Waals surface area contributed by atoms with E-state index in [1.54, 1.807) is 11.3 Å². The summed E-state index contributed by atoms with van der Waals surface area (Å²) in [5.41, 5.74) is 8.02. The minimum absolute atomic E-state index is 0.588. The molecule has 0 atom stereocenters. The van der Waals surface area contributed by atoms with Gasteiger partial charge in [0.05, 0.1) is 0 Å². The minimum Gasteiger partial charge on any atom is -0.456 e. The summed E-state index contributed by atoms with van der Waals surface area (Å²) in [6.45, 7) is 0. The van der Waals surface area contributed by atoms with Crippen molar-refractivity contribution in [3.63, 3.8) is 0 Å². The molecule has 0 aliphatic rings. The molecule has 0 unspecified atom stereocenters. The summed E-state index contributed by atoms with van der Waals surface area (Å²) < 4.78 is 15.5. The highest BCUT2D eigenvalue weighted by Gasteiger charge is 2.21. The van der Waals surface area contributed by atoms with Gasteiger partial charge in [-0.15, -0.1) is 11.3 Å². The molecule has 0 saturated heterocycles. The SMILES string of the molecule is c1ccc(-c2nc(-c3ccc4sc5ccccc5c4c3)nc(-c3ccc(-c4ccc5c(c4)oc4ccccc45)c4oc5ccccc5c34)n2)cc1. The zero-order chi connectivity index (χ0) is 33.5. The Morgan fingerprint density at radius 1 is 0.373 bits per heavy atom. The molecular weight excluding hydrogens is 647 g/mol. The standard InChI is InChI=1S/C45H25N3O2S/c1-2-10-26(11-3-1)43-46-44(28-19-23-40-35(24-28)32-13-6-9-17-39(32)51-40)48-45(47-43)34-22-21-29(42-41(34)33-14-5-8-16-37(33)50-42)27-18-20-31-30-12-4-7-15-36(30)49-38(31)25-27/h1-25H. The number of hydrogen-bond acceptors (Lipinski definition) is 6. The molecule has 0 aliphatic carbocycles. The second kappa shape index (κ2) is 10.9. The van der Waals surface area contributed by atoms with Gasteiger partial charge in [-0.2, -0.15) is 0 Å². The Labute approximate surface area is 295 Å². The van der Waals surface area contributed by atoms with Crippen LogP contribution in [0.25, 0.3) is 109 Å². The minimum atomic E-state index is 0.588. The van der Waals surface area contributed by atoms with Gasteiger partial charge in [-0.3, -0.25) is 0 Å². The molecule has 0 amide bonds.